The fourth-order valence-corrected chi connectivity index (χ4v) is 2.09. The molecule has 0 aromatic heterocycles. The minimum Gasteiger partial charge on any atom is -0.444 e. The predicted molar refractivity (Wildman–Crippen MR) is 77.5 cm³/mol. The van der Waals surface area contributed by atoms with Gasteiger partial charge in [-0.15, -0.1) is 0 Å². The number of hydrogen-bond acceptors (Lipinski definition) is 4. The number of carbonyl (C=O) groups is 2. The molecule has 0 radical (unpaired) electrons. The molecule has 2 N–H and O–H groups in total. The third kappa shape index (κ3) is 6.23. The molecule has 1 atom stereocenters. The van der Waals surface area contributed by atoms with E-state index in [1.54, 1.807) is 4.90 Å². The zero-order valence-corrected chi connectivity index (χ0v) is 13.0. The summed E-state index contributed by atoms with van der Waals surface area (Å²) in [6.07, 6.45) is 1.11. The van der Waals surface area contributed by atoms with Crippen LogP contribution in [0.3, 0.4) is 0 Å². The van der Waals surface area contributed by atoms with Crippen LogP contribution in [0.2, 0.25) is 0 Å². The number of rotatable bonds is 5. The number of nitrogens with one attached hydrogen (secondary N) is 2. The lowest BCUT2D eigenvalue weighted by atomic mass is 10.2. The summed E-state index contributed by atoms with van der Waals surface area (Å²) in [7, 11) is 0. The average molecular weight is 285 g/mol. The molecule has 1 rings (SSSR count). The van der Waals surface area contributed by atoms with Gasteiger partial charge in [-0.2, -0.15) is 0 Å². The van der Waals surface area contributed by atoms with Gasteiger partial charge >= 0.3 is 6.09 Å². The van der Waals surface area contributed by atoms with E-state index in [0.717, 1.165) is 6.42 Å². The normalized spacial score (nSPS) is 19.0. The van der Waals surface area contributed by atoms with Crippen LogP contribution in [0.15, 0.2) is 0 Å². The highest BCUT2D eigenvalue weighted by molar-refractivity contribution is 5.75. The fourth-order valence-electron chi connectivity index (χ4n) is 2.09. The number of hydrogen-bond donors (Lipinski definition) is 2. The molecule has 2 amide bonds. The van der Waals surface area contributed by atoms with E-state index in [-0.39, 0.29) is 18.0 Å². The second-order valence-corrected chi connectivity index (χ2v) is 6.07. The second-order valence-electron chi connectivity index (χ2n) is 6.07. The van der Waals surface area contributed by atoms with Crippen LogP contribution in [-0.4, -0.2) is 54.7 Å². The zero-order valence-electron chi connectivity index (χ0n) is 13.0. The van der Waals surface area contributed by atoms with Gasteiger partial charge in [0.1, 0.15) is 5.60 Å². The first-order valence-electron chi connectivity index (χ1n) is 7.30. The van der Waals surface area contributed by atoms with Gasteiger partial charge in [-0.1, -0.05) is 0 Å². The minimum absolute atomic E-state index is 0.0574. The van der Waals surface area contributed by atoms with E-state index in [4.69, 9.17) is 4.74 Å². The van der Waals surface area contributed by atoms with Gasteiger partial charge < -0.3 is 20.3 Å². The fraction of sp³-hybridized carbons (Fsp3) is 0.857. The van der Waals surface area contributed by atoms with Gasteiger partial charge in [0.25, 0.3) is 0 Å². The van der Waals surface area contributed by atoms with E-state index < -0.39 is 5.60 Å². The molecule has 6 heteroatoms. The van der Waals surface area contributed by atoms with Crippen molar-refractivity contribution in [3.05, 3.63) is 0 Å². The minimum atomic E-state index is -0.458. The summed E-state index contributed by atoms with van der Waals surface area (Å²) < 4.78 is 5.34. The first-order valence-corrected chi connectivity index (χ1v) is 7.30. The highest BCUT2D eigenvalue weighted by atomic mass is 16.6. The van der Waals surface area contributed by atoms with Gasteiger partial charge in [-0.25, -0.2) is 4.79 Å². The van der Waals surface area contributed by atoms with E-state index >= 15 is 0 Å². The topological polar surface area (TPSA) is 70.7 Å². The molecule has 0 aliphatic carbocycles. The molecular weight excluding hydrogens is 258 g/mol. The Labute approximate surface area is 121 Å². The SMILES string of the molecule is CCNC(=O)CCNC1CCN(C(=O)OC(C)(C)C)C1. The molecule has 0 saturated carbocycles. The van der Waals surface area contributed by atoms with Crippen molar-refractivity contribution in [2.24, 2.45) is 0 Å². The van der Waals surface area contributed by atoms with Gasteiger partial charge in [0.15, 0.2) is 0 Å². The van der Waals surface area contributed by atoms with Gasteiger partial charge in [0.05, 0.1) is 0 Å². The summed E-state index contributed by atoms with van der Waals surface area (Å²) in [5.74, 6) is 0.0574. The zero-order chi connectivity index (χ0) is 15.2. The Kier molecular flexibility index (Phi) is 6.26. The van der Waals surface area contributed by atoms with Crippen molar-refractivity contribution in [2.75, 3.05) is 26.2 Å². The van der Waals surface area contributed by atoms with Crippen LogP contribution in [0.25, 0.3) is 0 Å². The number of amides is 2. The number of nitrogens with zero attached hydrogens (tertiary/aromatic N) is 1. The summed E-state index contributed by atoms with van der Waals surface area (Å²) in [4.78, 5) is 24.9. The third-order valence-electron chi connectivity index (χ3n) is 3.00. The molecule has 1 saturated heterocycles. The molecule has 0 bridgehead atoms. The van der Waals surface area contributed by atoms with E-state index in [2.05, 4.69) is 10.6 Å². The summed E-state index contributed by atoms with van der Waals surface area (Å²) in [6, 6.07) is 0.247. The second kappa shape index (κ2) is 7.47. The molecule has 20 heavy (non-hydrogen) atoms. The Bertz CT molecular complexity index is 339. The Balaban J connectivity index is 2.23. The Morgan fingerprint density at radius 2 is 2.05 bits per heavy atom. The molecule has 6 nitrogen and oxygen atoms in total. The van der Waals surface area contributed by atoms with Crippen LogP contribution in [0, 0.1) is 0 Å². The van der Waals surface area contributed by atoms with Crippen molar-refractivity contribution in [1.82, 2.24) is 15.5 Å². The Morgan fingerprint density at radius 3 is 2.65 bits per heavy atom. The monoisotopic (exact) mass is 285 g/mol. The maximum absolute atomic E-state index is 11.9. The molecule has 1 aliphatic rings. The summed E-state index contributed by atoms with van der Waals surface area (Å²) in [6.45, 7) is 10.1. The average Bonchev–Trinajstić information content (AvgIpc) is 2.76. The third-order valence-corrected chi connectivity index (χ3v) is 3.00. The van der Waals surface area contributed by atoms with Crippen molar-refractivity contribution >= 4 is 12.0 Å². The molecule has 116 valence electrons. The first-order chi connectivity index (χ1) is 9.31. The van der Waals surface area contributed by atoms with Gasteiger partial charge in [-0.05, 0) is 34.1 Å². The van der Waals surface area contributed by atoms with Crippen LogP contribution in [-0.2, 0) is 9.53 Å². The maximum atomic E-state index is 11.9. The Hall–Kier alpha value is -1.30. The molecule has 1 fully saturated rings. The number of ether oxygens (including phenoxy) is 1. The maximum Gasteiger partial charge on any atom is 0.410 e. The lowest BCUT2D eigenvalue weighted by Crippen LogP contribution is -2.39. The van der Waals surface area contributed by atoms with Crippen molar-refractivity contribution in [3.63, 3.8) is 0 Å². The smallest absolute Gasteiger partial charge is 0.410 e. The standard InChI is InChI=1S/C14H27N3O3/c1-5-15-12(18)6-8-16-11-7-9-17(10-11)13(19)20-14(2,3)4/h11,16H,5-10H2,1-4H3,(H,15,18). The van der Waals surface area contributed by atoms with Crippen LogP contribution in [0.1, 0.15) is 40.5 Å². The van der Waals surface area contributed by atoms with Crippen molar-refractivity contribution in [3.8, 4) is 0 Å². The van der Waals surface area contributed by atoms with E-state index in [9.17, 15) is 9.59 Å². The molecule has 0 aromatic rings. The molecule has 0 aromatic carbocycles. The van der Waals surface area contributed by atoms with Crippen LogP contribution >= 0.6 is 0 Å². The van der Waals surface area contributed by atoms with Gasteiger partial charge in [-0.3, -0.25) is 4.79 Å². The van der Waals surface area contributed by atoms with Crippen molar-refractivity contribution in [2.45, 2.75) is 52.2 Å². The molecular formula is C14H27N3O3. The summed E-state index contributed by atoms with van der Waals surface area (Å²) in [5.41, 5.74) is -0.458. The molecule has 1 unspecified atom stereocenters. The highest BCUT2D eigenvalue weighted by Gasteiger charge is 2.29. The molecule has 0 spiro atoms. The molecule has 1 aliphatic heterocycles. The van der Waals surface area contributed by atoms with Gasteiger partial charge in [0.2, 0.25) is 5.91 Å². The van der Waals surface area contributed by atoms with E-state index in [1.165, 1.54) is 0 Å². The highest BCUT2D eigenvalue weighted by Crippen LogP contribution is 2.15. The quantitative estimate of drug-likeness (QED) is 0.794. The number of likely N-dealkylation sites (tertiary alicyclic amines) is 1. The first kappa shape index (κ1) is 16.8. The van der Waals surface area contributed by atoms with Crippen LogP contribution in [0.4, 0.5) is 4.79 Å². The van der Waals surface area contributed by atoms with Crippen LogP contribution in [0.5, 0.6) is 0 Å². The lowest BCUT2D eigenvalue weighted by molar-refractivity contribution is -0.120. The lowest BCUT2D eigenvalue weighted by Gasteiger charge is -2.24. The van der Waals surface area contributed by atoms with E-state index in [1.807, 2.05) is 27.7 Å². The van der Waals surface area contributed by atoms with Gasteiger partial charge in [0, 0.05) is 38.6 Å². The summed E-state index contributed by atoms with van der Waals surface area (Å²) in [5, 5.41) is 6.07. The van der Waals surface area contributed by atoms with Crippen molar-refractivity contribution in [1.29, 1.82) is 0 Å². The Morgan fingerprint density at radius 1 is 1.35 bits per heavy atom. The number of carbonyl (C=O) groups excluding carboxylic acids is 2. The summed E-state index contributed by atoms with van der Waals surface area (Å²) >= 11 is 0. The predicted octanol–water partition coefficient (Wildman–Crippen LogP) is 1.11. The largest absolute Gasteiger partial charge is 0.444 e. The van der Waals surface area contributed by atoms with E-state index in [0.29, 0.717) is 32.6 Å². The van der Waals surface area contributed by atoms with Crippen molar-refractivity contribution < 1.29 is 14.3 Å². The molecule has 1 heterocycles. The van der Waals surface area contributed by atoms with Crippen LogP contribution < -0.4 is 10.6 Å².